The van der Waals surface area contributed by atoms with Crippen molar-refractivity contribution in [2.45, 2.75) is 6.18 Å². The van der Waals surface area contributed by atoms with Crippen LogP contribution in [0, 0.1) is 0 Å². The quantitative estimate of drug-likeness (QED) is 0.804. The highest BCUT2D eigenvalue weighted by atomic mass is 79.9. The van der Waals surface area contributed by atoms with Crippen molar-refractivity contribution in [1.29, 1.82) is 0 Å². The lowest BCUT2D eigenvalue weighted by atomic mass is 10.2. The van der Waals surface area contributed by atoms with E-state index in [1.54, 1.807) is 24.3 Å². The van der Waals surface area contributed by atoms with Crippen molar-refractivity contribution in [2.24, 2.45) is 0 Å². The van der Waals surface area contributed by atoms with Gasteiger partial charge in [0, 0.05) is 12.4 Å². The number of para-hydroxylation sites is 1. The molecule has 0 fully saturated rings. The van der Waals surface area contributed by atoms with E-state index in [1.807, 2.05) is 0 Å². The molecule has 0 saturated carbocycles. The van der Waals surface area contributed by atoms with E-state index in [4.69, 9.17) is 4.74 Å². The molecule has 2 aromatic rings. The van der Waals surface area contributed by atoms with E-state index < -0.39 is 11.7 Å². The van der Waals surface area contributed by atoms with Crippen molar-refractivity contribution in [3.05, 3.63) is 52.8 Å². The summed E-state index contributed by atoms with van der Waals surface area (Å²) in [5, 5.41) is 0. The minimum atomic E-state index is -4.50. The van der Waals surface area contributed by atoms with E-state index in [9.17, 15) is 13.2 Å². The second-order valence-electron chi connectivity index (χ2n) is 3.40. The zero-order valence-corrected chi connectivity index (χ0v) is 10.5. The Morgan fingerprint density at radius 3 is 2.44 bits per heavy atom. The van der Waals surface area contributed by atoms with Crippen LogP contribution >= 0.6 is 15.9 Å². The topological polar surface area (TPSA) is 22.1 Å². The Hall–Kier alpha value is -1.56. The number of alkyl halides is 3. The van der Waals surface area contributed by atoms with Gasteiger partial charge in [-0.15, -0.1) is 0 Å². The number of rotatable bonds is 2. The maximum atomic E-state index is 12.7. The highest BCUT2D eigenvalue weighted by Crippen LogP contribution is 2.38. The number of benzene rings is 1. The van der Waals surface area contributed by atoms with Crippen LogP contribution in [0.1, 0.15) is 5.56 Å². The van der Waals surface area contributed by atoms with Crippen LogP contribution in [-0.2, 0) is 6.18 Å². The summed E-state index contributed by atoms with van der Waals surface area (Å²) in [7, 11) is 0. The molecular formula is C12H7BrF3NO. The van der Waals surface area contributed by atoms with E-state index in [-0.39, 0.29) is 5.75 Å². The van der Waals surface area contributed by atoms with Gasteiger partial charge in [-0.1, -0.05) is 12.1 Å². The van der Waals surface area contributed by atoms with Gasteiger partial charge in [0.2, 0.25) is 0 Å². The van der Waals surface area contributed by atoms with Crippen LogP contribution in [0.2, 0.25) is 0 Å². The van der Waals surface area contributed by atoms with Crippen molar-refractivity contribution < 1.29 is 17.9 Å². The Labute approximate surface area is 110 Å². The third kappa shape index (κ3) is 2.81. The largest absolute Gasteiger partial charge is 0.455 e. The third-order valence-corrected chi connectivity index (χ3v) is 2.80. The molecule has 94 valence electrons. The van der Waals surface area contributed by atoms with E-state index in [0.717, 1.165) is 6.20 Å². The van der Waals surface area contributed by atoms with Crippen LogP contribution in [0.25, 0.3) is 0 Å². The molecule has 6 heteroatoms. The Morgan fingerprint density at radius 2 is 1.78 bits per heavy atom. The summed E-state index contributed by atoms with van der Waals surface area (Å²) in [4.78, 5) is 3.46. The molecule has 0 N–H and O–H groups in total. The smallest absolute Gasteiger partial charge is 0.421 e. The molecule has 0 aliphatic carbocycles. The number of ether oxygens (including phenoxy) is 1. The zero-order valence-electron chi connectivity index (χ0n) is 8.91. The van der Waals surface area contributed by atoms with Gasteiger partial charge in [-0.2, -0.15) is 13.2 Å². The fourth-order valence-electron chi connectivity index (χ4n) is 1.33. The molecule has 0 aliphatic rings. The summed E-state index contributed by atoms with van der Waals surface area (Å²) in [6.45, 7) is 0. The lowest BCUT2D eigenvalue weighted by Crippen LogP contribution is -2.07. The highest BCUT2D eigenvalue weighted by molar-refractivity contribution is 9.10. The monoisotopic (exact) mass is 317 g/mol. The van der Waals surface area contributed by atoms with Gasteiger partial charge in [0.15, 0.2) is 0 Å². The summed E-state index contributed by atoms with van der Waals surface area (Å²) in [5.74, 6) is 0.0404. The normalized spacial score (nSPS) is 11.3. The summed E-state index contributed by atoms with van der Waals surface area (Å²) in [6, 6.07) is 7.86. The first-order valence-corrected chi connectivity index (χ1v) is 5.71. The summed E-state index contributed by atoms with van der Waals surface area (Å²) in [6.07, 6.45) is -2.50. The first kappa shape index (κ1) is 12.9. The number of hydrogen-bond acceptors (Lipinski definition) is 2. The second kappa shape index (κ2) is 4.97. The molecule has 2 nitrogen and oxygen atoms in total. The molecule has 0 radical (unpaired) electrons. The second-order valence-corrected chi connectivity index (χ2v) is 4.26. The first-order valence-electron chi connectivity index (χ1n) is 4.92. The molecule has 0 bridgehead atoms. The number of hydrogen-bond donors (Lipinski definition) is 0. The zero-order chi connectivity index (χ0) is 13.2. The van der Waals surface area contributed by atoms with Crippen molar-refractivity contribution in [2.75, 3.05) is 0 Å². The SMILES string of the molecule is FC(F)(F)c1cnccc1Oc1ccccc1Br. The minimum Gasteiger partial charge on any atom is -0.455 e. The Morgan fingerprint density at radius 1 is 1.06 bits per heavy atom. The van der Waals surface area contributed by atoms with E-state index in [2.05, 4.69) is 20.9 Å². The van der Waals surface area contributed by atoms with Crippen LogP contribution in [0.4, 0.5) is 13.2 Å². The lowest BCUT2D eigenvalue weighted by Gasteiger charge is -2.13. The van der Waals surface area contributed by atoms with Gasteiger partial charge in [0.05, 0.1) is 4.47 Å². The molecule has 2 rings (SSSR count). The average Bonchev–Trinajstić information content (AvgIpc) is 2.31. The van der Waals surface area contributed by atoms with Crippen LogP contribution in [-0.4, -0.2) is 4.98 Å². The van der Waals surface area contributed by atoms with Crippen molar-refractivity contribution in [3.63, 3.8) is 0 Å². The Bertz CT molecular complexity index is 557. The molecule has 0 unspecified atom stereocenters. The third-order valence-electron chi connectivity index (χ3n) is 2.14. The molecule has 1 heterocycles. The van der Waals surface area contributed by atoms with Crippen molar-refractivity contribution >= 4 is 15.9 Å². The lowest BCUT2D eigenvalue weighted by molar-refractivity contribution is -0.138. The van der Waals surface area contributed by atoms with Gasteiger partial charge >= 0.3 is 6.18 Å². The molecule has 0 amide bonds. The van der Waals surface area contributed by atoms with Crippen LogP contribution < -0.4 is 4.74 Å². The summed E-state index contributed by atoms with van der Waals surface area (Å²) >= 11 is 3.21. The molecule has 0 atom stereocenters. The Kier molecular flexibility index (Phi) is 3.56. The van der Waals surface area contributed by atoms with E-state index in [0.29, 0.717) is 10.2 Å². The number of pyridine rings is 1. The molecular weight excluding hydrogens is 311 g/mol. The van der Waals surface area contributed by atoms with Gasteiger partial charge in [-0.25, -0.2) is 0 Å². The van der Waals surface area contributed by atoms with E-state index >= 15 is 0 Å². The van der Waals surface area contributed by atoms with Crippen LogP contribution in [0.3, 0.4) is 0 Å². The van der Waals surface area contributed by atoms with Crippen LogP contribution in [0.5, 0.6) is 11.5 Å². The average molecular weight is 318 g/mol. The predicted octanol–water partition coefficient (Wildman–Crippen LogP) is 4.66. The fraction of sp³-hybridized carbons (Fsp3) is 0.0833. The molecule has 1 aromatic heterocycles. The summed E-state index contributed by atoms with van der Waals surface area (Å²) < 4.78 is 44.0. The highest BCUT2D eigenvalue weighted by Gasteiger charge is 2.34. The van der Waals surface area contributed by atoms with Crippen LogP contribution in [0.15, 0.2) is 47.2 Å². The van der Waals surface area contributed by atoms with Crippen molar-refractivity contribution in [3.8, 4) is 11.5 Å². The first-order chi connectivity index (χ1) is 8.48. The molecule has 0 saturated heterocycles. The summed E-state index contributed by atoms with van der Waals surface area (Å²) in [5.41, 5.74) is -0.902. The maximum Gasteiger partial charge on any atom is 0.421 e. The van der Waals surface area contributed by atoms with Crippen molar-refractivity contribution in [1.82, 2.24) is 4.98 Å². The Balaban J connectivity index is 2.39. The molecule has 1 aromatic carbocycles. The number of nitrogens with zero attached hydrogens (tertiary/aromatic N) is 1. The predicted molar refractivity (Wildman–Crippen MR) is 63.5 cm³/mol. The molecule has 18 heavy (non-hydrogen) atoms. The van der Waals surface area contributed by atoms with Gasteiger partial charge < -0.3 is 4.74 Å². The number of aromatic nitrogens is 1. The molecule has 0 spiro atoms. The van der Waals surface area contributed by atoms with Gasteiger partial charge in [0.1, 0.15) is 17.1 Å². The van der Waals surface area contributed by atoms with Gasteiger partial charge in [0.25, 0.3) is 0 Å². The maximum absolute atomic E-state index is 12.7. The number of halogens is 4. The van der Waals surface area contributed by atoms with E-state index in [1.165, 1.54) is 12.3 Å². The van der Waals surface area contributed by atoms with Gasteiger partial charge in [-0.05, 0) is 34.1 Å². The fourth-order valence-corrected chi connectivity index (χ4v) is 1.70. The van der Waals surface area contributed by atoms with Gasteiger partial charge in [-0.3, -0.25) is 4.98 Å². The molecule has 0 aliphatic heterocycles. The minimum absolute atomic E-state index is 0.274. The standard InChI is InChI=1S/C12H7BrF3NO/c13-9-3-1-2-4-11(9)18-10-5-6-17-7-8(10)12(14,15)16/h1-7H.